The van der Waals surface area contributed by atoms with E-state index in [1.807, 2.05) is 32.9 Å². The Morgan fingerprint density at radius 1 is 0.479 bits per heavy atom. The fourth-order valence-corrected chi connectivity index (χ4v) is 17.6. The molecule has 12 rings (SSSR count). The SMILES string of the molecule is CC(C)OC(=O)CC(=O)C(F)(F)F.Cc1ccc(NS(=O)[O-])c(C)c1.Cc1ccc(S(=O)(=O)N=C2C=C(C(C(=O)OC(C)C)C(=O)C(F)(F)F)C(=O)c3ccccc32)c(C)c1.Cc1ccc(S(=O)(=O)N=C2C=C(Cl)C(=O)c3ccccc32)c(C)c1.Cc1ccc(S(=O)(=O)Nc2cc(C(C(=O)OC(C)C)C(=O)C(F)(F)F)c(O)c3ccccc23)c(C)c1.O=C1C=C(Cl)C(=O)c2ccccc21.O=[S-](=S)OO.[Na+]. The number of nitrogens with zero attached hydrogens (tertiary/aromatic N) is 2. The van der Waals surface area contributed by atoms with Crippen molar-refractivity contribution >= 4 is 177 Å². The molecule has 0 radical (unpaired) electrons. The standard InChI is InChI=1S/C25H24F3NO6S.C25H22F3NO6S.C18H14ClNO3S.C10H5ClO2.C8H11NO2S.C7H9F3O3.Na.HO3S2/c2*1-13(2)35-24(32)21(23(31)25(26,27)28)18-12-19(16-7-5-6-8-17(16)22(18)30)29-36(33,34)20-10-9-14(3)11-15(20)4;1-11-7-8-17(12(2)9-11)24(22,23)20-16-10-15(19)18(21)14-6-4-3-5-13(14)16;11-8-5-9(12)6-3-1-2-4-7(6)10(8)13;1-6-3-4-8(7(2)5-6)9-12(10)11;1-4(2)13-6(12)3-5(11)7(8,9)10;;1-3-5(2)4/h5-13,21,29-30H,1-4H3;5-13,21H,1-4H3;3-10H,1-2H3;1-5H;3-5,9H,1-2H3,(H,10,11);4H,3H2,1-2H3;;1H/q;;;;;;+1;-1/p-1. The summed E-state index contributed by atoms with van der Waals surface area (Å²) in [5.74, 6) is -19.2. The Kier molecular flexibility index (Phi) is 43.1. The van der Waals surface area contributed by atoms with Gasteiger partial charge in [0.05, 0.1) is 60.2 Å². The van der Waals surface area contributed by atoms with Crippen molar-refractivity contribution in [3.05, 3.63) is 293 Å². The van der Waals surface area contributed by atoms with Crippen LogP contribution < -0.4 is 39.0 Å². The summed E-state index contributed by atoms with van der Waals surface area (Å²) in [4.78, 5) is 118. The summed E-state index contributed by atoms with van der Waals surface area (Å²) in [6.45, 7) is 22.6. The van der Waals surface area contributed by atoms with Crippen LogP contribution >= 0.6 is 23.2 Å². The van der Waals surface area contributed by atoms with Gasteiger partial charge in [0.2, 0.25) is 17.3 Å². The number of nitrogens with one attached hydrogen (secondary N) is 2. The molecule has 742 valence electrons. The maximum absolute atomic E-state index is 13.4. The largest absolute Gasteiger partial charge is 1.00 e. The van der Waals surface area contributed by atoms with E-state index < -0.39 is 170 Å². The van der Waals surface area contributed by atoms with E-state index in [0.29, 0.717) is 44.6 Å². The van der Waals surface area contributed by atoms with E-state index in [-0.39, 0.29) is 105 Å². The number of ether oxygens (including phenoxy) is 3. The number of aryl methyl sites for hydroxylation is 8. The van der Waals surface area contributed by atoms with Crippen LogP contribution in [0.15, 0.2) is 233 Å². The summed E-state index contributed by atoms with van der Waals surface area (Å²) in [6.07, 6.45) is -16.2. The molecule has 3 aliphatic carbocycles. The molecule has 3 aliphatic rings. The number of hydrogen-bond donors (Lipinski definition) is 4. The molecule has 3 atom stereocenters. The van der Waals surface area contributed by atoms with Gasteiger partial charge in [-0.2, -0.15) is 65.1 Å². The Bertz CT molecular complexity index is 6970. The van der Waals surface area contributed by atoms with Crippen molar-refractivity contribution in [2.45, 2.75) is 161 Å². The number of Topliss-reactive ketones (excluding diaryl/α,β-unsaturated/α-hetero) is 6. The molecule has 0 bridgehead atoms. The van der Waals surface area contributed by atoms with Crippen molar-refractivity contribution in [1.82, 2.24) is 0 Å². The van der Waals surface area contributed by atoms with Gasteiger partial charge >= 0.3 is 66.0 Å². The first-order valence-corrected chi connectivity index (χ1v) is 48.4. The first-order chi connectivity index (χ1) is 64.3. The number of hydrogen-bond acceptors (Lipinski definition) is 27. The number of allylic oxidation sites excluding steroid dienone is 5. The quantitative estimate of drug-likeness (QED) is 0.00496. The molecular formula is C93H85Cl2F9N4NaO25S6-. The van der Waals surface area contributed by atoms with Crippen LogP contribution in [0.5, 0.6) is 5.75 Å². The van der Waals surface area contributed by atoms with Crippen LogP contribution in [0.25, 0.3) is 10.8 Å². The number of anilines is 2. The van der Waals surface area contributed by atoms with Gasteiger partial charge in [0.1, 0.15) is 12.2 Å². The third kappa shape index (κ3) is 33.1. The fourth-order valence-electron chi connectivity index (χ4n) is 13.0. The van der Waals surface area contributed by atoms with Crippen LogP contribution in [-0.2, 0) is 114 Å². The van der Waals surface area contributed by atoms with Gasteiger partial charge < -0.3 is 37.1 Å². The summed E-state index contributed by atoms with van der Waals surface area (Å²) in [6, 6.07) is 45.1. The van der Waals surface area contributed by atoms with Crippen LogP contribution in [0, 0.1) is 61.3 Å². The molecule has 47 heteroatoms. The average molecular weight is 2120 g/mol. The molecule has 0 saturated carbocycles. The Hall–Kier alpha value is -11.5. The number of carbonyl (C=O) groups is 10. The number of rotatable bonds is 21. The molecule has 0 heterocycles. The molecule has 9 aromatic carbocycles. The van der Waals surface area contributed by atoms with Gasteiger partial charge in [0, 0.05) is 78.3 Å². The van der Waals surface area contributed by atoms with Gasteiger partial charge in [-0.3, -0.25) is 62.1 Å². The van der Waals surface area contributed by atoms with E-state index in [1.165, 1.54) is 114 Å². The third-order valence-corrected chi connectivity index (χ3v) is 24.6. The normalized spacial score (nSPS) is 14.1. The molecule has 0 aromatic heterocycles. The number of carbonyl (C=O) groups excluding carboxylic acids is 10. The zero-order valence-corrected chi connectivity index (χ0v) is 84.8. The topological polar surface area (TPSA) is 456 Å². The second-order valence-electron chi connectivity index (χ2n) is 30.9. The van der Waals surface area contributed by atoms with Gasteiger partial charge in [-0.1, -0.05) is 201 Å². The van der Waals surface area contributed by atoms with Crippen molar-refractivity contribution in [2.24, 2.45) is 14.7 Å². The predicted octanol–water partition coefficient (Wildman–Crippen LogP) is 15.2. The van der Waals surface area contributed by atoms with E-state index in [0.717, 1.165) is 46.0 Å². The summed E-state index contributed by atoms with van der Waals surface area (Å²) in [5.41, 5.74) is 6.07. The minimum absolute atomic E-state index is 0. The third-order valence-electron chi connectivity index (χ3n) is 18.9. The number of phenolic OH excluding ortho intramolecular Hbond substituents is 1. The molecule has 3 unspecified atom stereocenters. The fraction of sp³-hybridized carbons (Fsp3) is 0.247. The van der Waals surface area contributed by atoms with Gasteiger partial charge in [-0.25, -0.2) is 19.6 Å². The van der Waals surface area contributed by atoms with Gasteiger partial charge in [-0.15, -0.1) is 0 Å². The molecule has 0 amide bonds. The van der Waals surface area contributed by atoms with Gasteiger partial charge in [0.15, 0.2) is 23.4 Å². The number of benzene rings is 9. The summed E-state index contributed by atoms with van der Waals surface area (Å²) in [7, 11) is -14.5. The molecule has 4 N–H and O–H groups in total. The van der Waals surface area contributed by atoms with Gasteiger partial charge in [-0.05, 0) is 162 Å². The Morgan fingerprint density at radius 2 is 0.836 bits per heavy atom. The van der Waals surface area contributed by atoms with Crippen molar-refractivity contribution in [1.29, 1.82) is 0 Å². The summed E-state index contributed by atoms with van der Waals surface area (Å²) < 4.78 is 253. The van der Waals surface area contributed by atoms with E-state index in [4.69, 9.17) is 37.9 Å². The average Bonchev–Trinajstić information content (AvgIpc) is 0.757. The smallest absolute Gasteiger partial charge is 0.755 e. The monoisotopic (exact) mass is 2110 g/mol. The van der Waals surface area contributed by atoms with Crippen LogP contribution in [-0.4, -0.2) is 151 Å². The number of aromatic hydroxyl groups is 1. The minimum Gasteiger partial charge on any atom is -0.755 e. The van der Waals surface area contributed by atoms with Crippen molar-refractivity contribution in [3.63, 3.8) is 0 Å². The summed E-state index contributed by atoms with van der Waals surface area (Å²) in [5, 5.41) is 18.1. The number of alkyl halides is 9. The number of ketones is 7. The molecule has 140 heavy (non-hydrogen) atoms. The Labute approximate surface area is 838 Å². The number of halogens is 11. The zero-order valence-electron chi connectivity index (χ0n) is 76.4. The number of esters is 3. The van der Waals surface area contributed by atoms with Crippen molar-refractivity contribution < 1.29 is 184 Å². The molecule has 29 nitrogen and oxygen atoms in total. The zero-order chi connectivity index (χ0) is 105. The maximum atomic E-state index is 13.4. The first-order valence-electron chi connectivity index (χ1n) is 40.2. The Balaban J connectivity index is 0.000000308. The van der Waals surface area contributed by atoms with Crippen LogP contribution in [0.2, 0.25) is 0 Å². The van der Waals surface area contributed by atoms with Crippen molar-refractivity contribution in [2.75, 3.05) is 9.44 Å². The van der Waals surface area contributed by atoms with E-state index in [9.17, 15) is 131 Å². The van der Waals surface area contributed by atoms with Crippen LogP contribution in [0.1, 0.15) is 157 Å². The molecular weight excluding hydrogens is 2030 g/mol. The molecule has 0 spiro atoms. The van der Waals surface area contributed by atoms with Crippen LogP contribution in [0.3, 0.4) is 0 Å². The maximum Gasteiger partial charge on any atom is 1.00 e. The number of phenols is 1. The van der Waals surface area contributed by atoms with Crippen molar-refractivity contribution in [3.8, 4) is 5.75 Å². The molecule has 9 aromatic rings. The molecule has 0 aliphatic heterocycles. The molecule has 0 saturated heterocycles. The van der Waals surface area contributed by atoms with E-state index in [1.54, 1.807) is 126 Å². The first kappa shape index (κ1) is 119. The second-order valence-corrected chi connectivity index (χ2v) is 38.6. The van der Waals surface area contributed by atoms with Crippen LogP contribution in [0.4, 0.5) is 50.9 Å². The van der Waals surface area contributed by atoms with Gasteiger partial charge in [0.25, 0.3) is 41.6 Å². The molecule has 0 fully saturated rings. The number of fused-ring (bicyclic) bond motifs is 4. The predicted molar refractivity (Wildman–Crippen MR) is 500 cm³/mol. The van der Waals surface area contributed by atoms with E-state index in [2.05, 4.69) is 38.5 Å². The second kappa shape index (κ2) is 50.8. The van der Waals surface area contributed by atoms with E-state index >= 15 is 0 Å². The minimum atomic E-state index is -5.47. The summed E-state index contributed by atoms with van der Waals surface area (Å²) >= 11 is 13.1. The Morgan fingerprint density at radius 3 is 1.24 bits per heavy atom. The number of sulfonamides is 3.